The number of nitrogens with one attached hydrogen (secondary N) is 1. The number of ether oxygens (including phenoxy) is 3. The molecule has 0 saturated heterocycles. The number of esters is 1. The zero-order valence-electron chi connectivity index (χ0n) is 18.9. The molecule has 0 amide bonds. The molecule has 32 heavy (non-hydrogen) atoms. The number of hydrogen-bond donors (Lipinski definition) is 3. The van der Waals surface area contributed by atoms with Crippen molar-refractivity contribution in [2.45, 2.75) is 57.8 Å². The van der Waals surface area contributed by atoms with Gasteiger partial charge in [0.05, 0.1) is 6.61 Å². The number of carboxylic acids is 1. The summed E-state index contributed by atoms with van der Waals surface area (Å²) in [6, 6.07) is 6.02. The molecule has 0 aliphatic heterocycles. The summed E-state index contributed by atoms with van der Waals surface area (Å²) in [6.45, 7) is 1.05. The van der Waals surface area contributed by atoms with Crippen LogP contribution in [0.15, 0.2) is 18.2 Å². The Morgan fingerprint density at radius 3 is 2.78 bits per heavy atom. The third-order valence-electron chi connectivity index (χ3n) is 6.67. The normalized spacial score (nSPS) is 23.7. The summed E-state index contributed by atoms with van der Waals surface area (Å²) in [7, 11) is 1.78. The minimum absolute atomic E-state index is 0.0222. The van der Waals surface area contributed by atoms with Crippen molar-refractivity contribution >= 4 is 11.9 Å². The van der Waals surface area contributed by atoms with E-state index in [1.165, 1.54) is 24.0 Å². The van der Waals surface area contributed by atoms with Gasteiger partial charge in [-0.2, -0.15) is 0 Å². The number of carboxylic acid groups (broad SMARTS) is 1. The molecule has 1 aromatic rings. The second kappa shape index (κ2) is 11.6. The second-order valence-electron chi connectivity index (χ2n) is 8.94. The van der Waals surface area contributed by atoms with Gasteiger partial charge >= 0.3 is 11.9 Å². The lowest BCUT2D eigenvalue weighted by Crippen LogP contribution is -2.29. The van der Waals surface area contributed by atoms with E-state index >= 15 is 0 Å². The highest BCUT2D eigenvalue weighted by atomic mass is 16.6. The maximum atomic E-state index is 12.1. The van der Waals surface area contributed by atoms with E-state index in [1.807, 2.05) is 12.1 Å². The van der Waals surface area contributed by atoms with Gasteiger partial charge in [-0.15, -0.1) is 0 Å². The van der Waals surface area contributed by atoms with Crippen LogP contribution in [0, 0.1) is 17.8 Å². The van der Waals surface area contributed by atoms with E-state index < -0.39 is 30.9 Å². The first-order chi connectivity index (χ1) is 15.4. The summed E-state index contributed by atoms with van der Waals surface area (Å²) in [4.78, 5) is 22.6. The number of fused-ring (bicyclic) bond motifs is 2. The molecule has 8 heteroatoms. The highest BCUT2D eigenvalue weighted by Crippen LogP contribution is 2.48. The number of aliphatic hydroxyl groups excluding tert-OH is 1. The van der Waals surface area contributed by atoms with Gasteiger partial charge in [0.1, 0.15) is 24.7 Å². The number of rotatable bonds is 12. The molecular weight excluding hydrogens is 414 g/mol. The van der Waals surface area contributed by atoms with Crippen LogP contribution in [0.25, 0.3) is 0 Å². The van der Waals surface area contributed by atoms with Crippen molar-refractivity contribution in [3.63, 3.8) is 0 Å². The van der Waals surface area contributed by atoms with E-state index in [0.29, 0.717) is 17.8 Å². The molecule has 1 aromatic carbocycles. The van der Waals surface area contributed by atoms with Crippen molar-refractivity contribution in [1.82, 2.24) is 5.32 Å². The van der Waals surface area contributed by atoms with Crippen molar-refractivity contribution in [2.24, 2.45) is 17.8 Å². The number of carbonyl (C=O) groups is 2. The molecule has 2 aliphatic rings. The van der Waals surface area contributed by atoms with Gasteiger partial charge in [0.15, 0.2) is 6.61 Å². The van der Waals surface area contributed by atoms with Gasteiger partial charge in [-0.05, 0) is 87.4 Å². The summed E-state index contributed by atoms with van der Waals surface area (Å²) in [5.74, 6) is 1.06. The lowest BCUT2D eigenvalue weighted by atomic mass is 9.74. The third kappa shape index (κ3) is 6.67. The first-order valence-electron chi connectivity index (χ1n) is 11.4. The average Bonchev–Trinajstić information content (AvgIpc) is 3.15. The van der Waals surface area contributed by atoms with Crippen LogP contribution in [0.1, 0.15) is 43.7 Å². The standard InChI is InChI=1S/C24H35NO7/c1-15(12-30-13-23(27)28)32-24(29)14-31-21-5-3-4-17-10-19-16(8-9-22(26)25-2)6-7-18(19)11-20(17)21/h3-5,15-16,18-19,22,25-26H,6-14H2,1-2H3,(H,27,28). The van der Waals surface area contributed by atoms with E-state index in [-0.39, 0.29) is 13.2 Å². The molecule has 0 aromatic heterocycles. The molecule has 5 atom stereocenters. The zero-order chi connectivity index (χ0) is 23.1. The highest BCUT2D eigenvalue weighted by molar-refractivity contribution is 5.71. The Kier molecular flexibility index (Phi) is 8.90. The Balaban J connectivity index is 1.52. The van der Waals surface area contributed by atoms with Gasteiger partial charge in [0, 0.05) is 0 Å². The number of hydrogen-bond acceptors (Lipinski definition) is 7. The summed E-state index contributed by atoms with van der Waals surface area (Å²) in [6.07, 6.45) is 5.19. The smallest absolute Gasteiger partial charge is 0.344 e. The minimum Gasteiger partial charge on any atom is -0.482 e. The monoisotopic (exact) mass is 449 g/mol. The van der Waals surface area contributed by atoms with Gasteiger partial charge in [0.2, 0.25) is 0 Å². The molecule has 2 aliphatic carbocycles. The molecule has 8 nitrogen and oxygen atoms in total. The fraction of sp³-hybridized carbons (Fsp3) is 0.667. The Bertz CT molecular complexity index is 784. The van der Waals surface area contributed by atoms with Crippen LogP contribution in [-0.2, 0) is 31.9 Å². The average molecular weight is 450 g/mol. The Hall–Kier alpha value is -2.16. The van der Waals surface area contributed by atoms with Gasteiger partial charge in [0.25, 0.3) is 0 Å². The van der Waals surface area contributed by atoms with Crippen molar-refractivity contribution in [2.75, 3.05) is 26.9 Å². The van der Waals surface area contributed by atoms with Gasteiger partial charge < -0.3 is 24.4 Å². The van der Waals surface area contributed by atoms with Gasteiger partial charge in [-0.1, -0.05) is 12.1 Å². The van der Waals surface area contributed by atoms with E-state index in [2.05, 4.69) is 11.4 Å². The molecule has 0 heterocycles. The fourth-order valence-corrected chi connectivity index (χ4v) is 5.13. The topological polar surface area (TPSA) is 114 Å². The van der Waals surface area contributed by atoms with Crippen molar-refractivity contribution < 1.29 is 34.0 Å². The first-order valence-corrected chi connectivity index (χ1v) is 11.4. The van der Waals surface area contributed by atoms with Crippen LogP contribution in [0.4, 0.5) is 0 Å². The molecule has 178 valence electrons. The molecule has 1 saturated carbocycles. The van der Waals surface area contributed by atoms with Crippen molar-refractivity contribution in [1.29, 1.82) is 0 Å². The predicted molar refractivity (Wildman–Crippen MR) is 117 cm³/mol. The van der Waals surface area contributed by atoms with E-state index in [0.717, 1.165) is 31.4 Å². The molecular formula is C24H35NO7. The molecule has 1 fully saturated rings. The van der Waals surface area contributed by atoms with Crippen LogP contribution < -0.4 is 10.1 Å². The van der Waals surface area contributed by atoms with Crippen LogP contribution in [0.3, 0.4) is 0 Å². The second-order valence-corrected chi connectivity index (χ2v) is 8.94. The van der Waals surface area contributed by atoms with E-state index in [9.17, 15) is 14.7 Å². The summed E-state index contributed by atoms with van der Waals surface area (Å²) in [5, 5.41) is 21.3. The lowest BCUT2D eigenvalue weighted by molar-refractivity contribution is -0.154. The summed E-state index contributed by atoms with van der Waals surface area (Å²) < 4.78 is 16.0. The molecule has 3 N–H and O–H groups in total. The van der Waals surface area contributed by atoms with Crippen LogP contribution in [-0.4, -0.2) is 61.4 Å². The van der Waals surface area contributed by atoms with Crippen LogP contribution >= 0.6 is 0 Å². The molecule has 3 rings (SSSR count). The quantitative estimate of drug-likeness (QED) is 0.329. The van der Waals surface area contributed by atoms with Gasteiger partial charge in [-0.25, -0.2) is 9.59 Å². The third-order valence-corrected chi connectivity index (χ3v) is 6.67. The van der Waals surface area contributed by atoms with E-state index in [4.69, 9.17) is 19.3 Å². The number of carbonyl (C=O) groups excluding carboxylic acids is 1. The lowest BCUT2D eigenvalue weighted by Gasteiger charge is -2.32. The number of aliphatic carboxylic acids is 1. The number of benzene rings is 1. The van der Waals surface area contributed by atoms with Gasteiger partial charge in [-0.3, -0.25) is 5.32 Å². The van der Waals surface area contributed by atoms with E-state index in [1.54, 1.807) is 14.0 Å². The number of aliphatic hydroxyl groups is 1. The summed E-state index contributed by atoms with van der Waals surface area (Å²) >= 11 is 0. The fourth-order valence-electron chi connectivity index (χ4n) is 5.13. The zero-order valence-corrected chi connectivity index (χ0v) is 18.9. The molecule has 0 radical (unpaired) electrons. The molecule has 5 unspecified atom stereocenters. The maximum Gasteiger partial charge on any atom is 0.344 e. The Morgan fingerprint density at radius 1 is 1.22 bits per heavy atom. The van der Waals surface area contributed by atoms with Crippen LogP contribution in [0.2, 0.25) is 0 Å². The minimum atomic E-state index is -1.06. The maximum absolute atomic E-state index is 12.1. The molecule has 0 bridgehead atoms. The summed E-state index contributed by atoms with van der Waals surface area (Å²) in [5.41, 5.74) is 2.48. The largest absolute Gasteiger partial charge is 0.482 e. The Morgan fingerprint density at radius 2 is 2.03 bits per heavy atom. The highest BCUT2D eigenvalue weighted by Gasteiger charge is 2.39. The predicted octanol–water partition coefficient (Wildman–Crippen LogP) is 2.16. The Labute approximate surface area is 189 Å². The van der Waals surface area contributed by atoms with Crippen molar-refractivity contribution in [3.8, 4) is 5.75 Å². The van der Waals surface area contributed by atoms with Crippen LogP contribution in [0.5, 0.6) is 5.75 Å². The molecule has 0 spiro atoms. The first kappa shape index (κ1) is 24.5. The SMILES string of the molecule is CNC(O)CCC1CCC2Cc3c(cccc3OCC(=O)OC(C)COCC(=O)O)CC12. The van der Waals surface area contributed by atoms with Crippen molar-refractivity contribution in [3.05, 3.63) is 29.3 Å².